The minimum Gasteiger partial charge on any atom is -0.465 e. The molecule has 0 N–H and O–H groups in total. The van der Waals surface area contributed by atoms with Crippen LogP contribution in [0.25, 0.3) is 11.1 Å². The standard InChI is InChI=1S/C28H27FN2O3/c1-34-28(33)25-23(19-11-13-21(29)14-12-19)24-22(32)15-16-31(17-18-7-3-2-4-8-18)27(24)30-26(25)20-9-5-6-10-20/h2-4,7-8,11-14,20H,5-6,9-10,15-17H2,1H3. The van der Waals surface area contributed by atoms with Crippen molar-refractivity contribution in [2.24, 2.45) is 0 Å². The van der Waals surface area contributed by atoms with Crippen LogP contribution >= 0.6 is 0 Å². The third kappa shape index (κ3) is 4.09. The molecule has 0 saturated heterocycles. The number of carbonyl (C=O) groups is 2. The molecule has 1 saturated carbocycles. The van der Waals surface area contributed by atoms with E-state index in [0.29, 0.717) is 53.3 Å². The van der Waals surface area contributed by atoms with E-state index in [9.17, 15) is 14.0 Å². The first-order chi connectivity index (χ1) is 16.6. The number of hydrogen-bond donors (Lipinski definition) is 0. The Bertz CT molecular complexity index is 1220. The lowest BCUT2D eigenvalue weighted by molar-refractivity contribution is 0.0599. The average Bonchev–Trinajstić information content (AvgIpc) is 3.40. The van der Waals surface area contributed by atoms with Crippen molar-refractivity contribution in [1.82, 2.24) is 4.98 Å². The molecule has 0 radical (unpaired) electrons. The number of rotatable bonds is 5. The van der Waals surface area contributed by atoms with Gasteiger partial charge in [0.05, 0.1) is 23.9 Å². The molecule has 0 unspecified atom stereocenters. The fourth-order valence-corrected chi connectivity index (χ4v) is 5.22. The Hall–Kier alpha value is -3.54. The minimum absolute atomic E-state index is 0.0609. The second-order valence-electron chi connectivity index (χ2n) is 9.01. The van der Waals surface area contributed by atoms with Crippen LogP contribution in [0.2, 0.25) is 0 Å². The first-order valence-electron chi connectivity index (χ1n) is 11.8. The number of benzene rings is 2. The highest BCUT2D eigenvalue weighted by Gasteiger charge is 2.36. The summed E-state index contributed by atoms with van der Waals surface area (Å²) >= 11 is 0. The number of aromatic nitrogens is 1. The maximum Gasteiger partial charge on any atom is 0.340 e. The summed E-state index contributed by atoms with van der Waals surface area (Å²) in [5, 5.41) is 0. The van der Waals surface area contributed by atoms with Gasteiger partial charge < -0.3 is 9.64 Å². The van der Waals surface area contributed by atoms with E-state index in [2.05, 4.69) is 17.0 Å². The van der Waals surface area contributed by atoms with E-state index < -0.39 is 5.97 Å². The summed E-state index contributed by atoms with van der Waals surface area (Å²) < 4.78 is 19.0. The summed E-state index contributed by atoms with van der Waals surface area (Å²) in [4.78, 5) is 33.7. The Morgan fingerprint density at radius 1 is 1.06 bits per heavy atom. The van der Waals surface area contributed by atoms with Crippen molar-refractivity contribution >= 4 is 17.6 Å². The van der Waals surface area contributed by atoms with E-state index in [1.165, 1.54) is 19.2 Å². The van der Waals surface area contributed by atoms with E-state index in [-0.39, 0.29) is 17.5 Å². The monoisotopic (exact) mass is 458 g/mol. The molecule has 2 heterocycles. The lowest BCUT2D eigenvalue weighted by Crippen LogP contribution is -2.34. The Labute approximate surface area is 198 Å². The topological polar surface area (TPSA) is 59.5 Å². The van der Waals surface area contributed by atoms with Gasteiger partial charge in [0.1, 0.15) is 11.6 Å². The zero-order valence-corrected chi connectivity index (χ0v) is 19.2. The van der Waals surface area contributed by atoms with E-state index in [1.54, 1.807) is 12.1 Å². The number of anilines is 1. The molecule has 0 spiro atoms. The van der Waals surface area contributed by atoms with Gasteiger partial charge in [0.15, 0.2) is 5.78 Å². The van der Waals surface area contributed by atoms with Crippen LogP contribution in [0.4, 0.5) is 10.2 Å². The number of halogens is 1. The number of esters is 1. The smallest absolute Gasteiger partial charge is 0.340 e. The fourth-order valence-electron chi connectivity index (χ4n) is 5.22. The van der Waals surface area contributed by atoms with Gasteiger partial charge in [-0.3, -0.25) is 4.79 Å². The highest BCUT2D eigenvalue weighted by Crippen LogP contribution is 2.44. The molecule has 174 valence electrons. The Balaban J connectivity index is 1.77. The summed E-state index contributed by atoms with van der Waals surface area (Å²) in [6.45, 7) is 1.16. The molecule has 6 heteroatoms. The lowest BCUT2D eigenvalue weighted by Gasteiger charge is -2.33. The van der Waals surface area contributed by atoms with Gasteiger partial charge in [-0.15, -0.1) is 0 Å². The maximum atomic E-state index is 13.8. The predicted molar refractivity (Wildman–Crippen MR) is 129 cm³/mol. The quantitative estimate of drug-likeness (QED) is 0.444. The van der Waals surface area contributed by atoms with Gasteiger partial charge in [0.25, 0.3) is 0 Å². The number of ketones is 1. The fraction of sp³-hybridized carbons (Fsp3) is 0.321. The zero-order chi connectivity index (χ0) is 23.7. The Kier molecular flexibility index (Phi) is 6.14. The summed E-state index contributed by atoms with van der Waals surface area (Å²) in [5.41, 5.74) is 3.71. The van der Waals surface area contributed by atoms with Crippen LogP contribution in [0, 0.1) is 5.82 Å². The summed E-state index contributed by atoms with van der Waals surface area (Å²) in [6, 6.07) is 16.0. The molecule has 5 rings (SSSR count). The van der Waals surface area contributed by atoms with E-state index >= 15 is 0 Å². The van der Waals surface area contributed by atoms with Crippen LogP contribution in [0.1, 0.15) is 70.0 Å². The van der Waals surface area contributed by atoms with E-state index in [0.717, 1.165) is 31.2 Å². The molecular formula is C28H27FN2O3. The minimum atomic E-state index is -0.510. The largest absolute Gasteiger partial charge is 0.465 e. The van der Waals surface area contributed by atoms with Crippen molar-refractivity contribution in [2.45, 2.75) is 44.6 Å². The number of fused-ring (bicyclic) bond motifs is 1. The van der Waals surface area contributed by atoms with Crippen molar-refractivity contribution in [3.63, 3.8) is 0 Å². The molecule has 2 aliphatic rings. The van der Waals surface area contributed by atoms with Gasteiger partial charge >= 0.3 is 5.97 Å². The molecule has 0 bridgehead atoms. The zero-order valence-electron chi connectivity index (χ0n) is 19.2. The average molecular weight is 459 g/mol. The number of pyridine rings is 1. The molecule has 1 aliphatic heterocycles. The molecule has 0 amide bonds. The van der Waals surface area contributed by atoms with Crippen molar-refractivity contribution in [1.29, 1.82) is 0 Å². The second-order valence-corrected chi connectivity index (χ2v) is 9.01. The SMILES string of the molecule is COC(=O)c1c(C2CCCC2)nc2c(c1-c1ccc(F)cc1)C(=O)CCN2Cc1ccccc1. The van der Waals surface area contributed by atoms with Crippen molar-refractivity contribution in [2.75, 3.05) is 18.6 Å². The first kappa shape index (κ1) is 22.3. The summed E-state index contributed by atoms with van der Waals surface area (Å²) in [6.07, 6.45) is 4.33. The van der Waals surface area contributed by atoms with Crippen LogP contribution in [-0.2, 0) is 11.3 Å². The molecule has 1 aliphatic carbocycles. The summed E-state index contributed by atoms with van der Waals surface area (Å²) in [7, 11) is 1.35. The molecule has 1 fully saturated rings. The van der Waals surface area contributed by atoms with Crippen LogP contribution in [0.3, 0.4) is 0 Å². The van der Waals surface area contributed by atoms with Gasteiger partial charge in [-0.05, 0) is 36.1 Å². The molecule has 5 nitrogen and oxygen atoms in total. The third-order valence-corrected chi connectivity index (χ3v) is 6.87. The number of methoxy groups -OCH3 is 1. The van der Waals surface area contributed by atoms with Gasteiger partial charge in [0.2, 0.25) is 0 Å². The molecule has 2 aromatic carbocycles. The normalized spacial score (nSPS) is 15.9. The van der Waals surface area contributed by atoms with Crippen LogP contribution in [0.15, 0.2) is 54.6 Å². The van der Waals surface area contributed by atoms with Gasteiger partial charge in [0, 0.05) is 31.0 Å². The maximum absolute atomic E-state index is 13.8. The highest BCUT2D eigenvalue weighted by molar-refractivity contribution is 6.13. The number of carbonyl (C=O) groups excluding carboxylic acids is 2. The van der Waals surface area contributed by atoms with Crippen molar-refractivity contribution < 1.29 is 18.7 Å². The number of ether oxygens (including phenoxy) is 1. The number of nitrogens with zero attached hydrogens (tertiary/aromatic N) is 2. The number of hydrogen-bond acceptors (Lipinski definition) is 5. The van der Waals surface area contributed by atoms with Crippen molar-refractivity contribution in [3.8, 4) is 11.1 Å². The first-order valence-corrected chi connectivity index (χ1v) is 11.8. The second kappa shape index (κ2) is 9.37. The molecular weight excluding hydrogens is 431 g/mol. The van der Waals surface area contributed by atoms with Gasteiger partial charge in [-0.2, -0.15) is 0 Å². The van der Waals surface area contributed by atoms with Crippen LogP contribution in [-0.4, -0.2) is 30.4 Å². The molecule has 0 atom stereocenters. The lowest BCUT2D eigenvalue weighted by atomic mass is 9.85. The molecule has 34 heavy (non-hydrogen) atoms. The van der Waals surface area contributed by atoms with Gasteiger partial charge in [-0.1, -0.05) is 55.3 Å². The third-order valence-electron chi connectivity index (χ3n) is 6.87. The Morgan fingerprint density at radius 3 is 2.44 bits per heavy atom. The van der Waals surface area contributed by atoms with E-state index in [4.69, 9.17) is 9.72 Å². The highest BCUT2D eigenvalue weighted by atomic mass is 19.1. The van der Waals surface area contributed by atoms with Gasteiger partial charge in [-0.25, -0.2) is 14.2 Å². The molecule has 3 aromatic rings. The van der Waals surface area contributed by atoms with Crippen LogP contribution in [0.5, 0.6) is 0 Å². The van der Waals surface area contributed by atoms with E-state index in [1.807, 2.05) is 18.2 Å². The Morgan fingerprint density at radius 2 is 1.76 bits per heavy atom. The predicted octanol–water partition coefficient (Wildman–Crippen LogP) is 5.92. The summed E-state index contributed by atoms with van der Waals surface area (Å²) in [5.74, 6) is -0.221. The number of Topliss-reactive ketones (excluding diaryl/α,β-unsaturated/α-hetero) is 1. The van der Waals surface area contributed by atoms with Crippen LogP contribution < -0.4 is 4.90 Å². The van der Waals surface area contributed by atoms with Crippen molar-refractivity contribution in [3.05, 3.63) is 82.8 Å². The molecule has 1 aromatic heterocycles.